The predicted molar refractivity (Wildman–Crippen MR) is 96.6 cm³/mol. The smallest absolute Gasteiger partial charge is 0.207 e. The summed E-state index contributed by atoms with van der Waals surface area (Å²) in [4.78, 5) is 8.02. The van der Waals surface area contributed by atoms with E-state index < -0.39 is 34.8 Å². The maximum Gasteiger partial charge on any atom is 0.207 e. The molecule has 1 atom stereocenters. The van der Waals surface area contributed by atoms with Gasteiger partial charge in [0.15, 0.2) is 0 Å². The molecular weight excluding hydrogens is 417 g/mol. The fraction of sp³-hybridized carbons (Fsp3) is 0.158. The van der Waals surface area contributed by atoms with Crippen molar-refractivity contribution in [2.75, 3.05) is 5.32 Å². The highest BCUT2D eigenvalue weighted by atomic mass is 35.5. The van der Waals surface area contributed by atoms with Crippen LogP contribution in [-0.4, -0.2) is 9.97 Å². The van der Waals surface area contributed by atoms with Crippen LogP contribution in [0, 0.1) is 36.0 Å². The highest BCUT2D eigenvalue weighted by Gasteiger charge is 2.27. The summed E-state index contributed by atoms with van der Waals surface area (Å²) >= 11 is 6.14. The van der Waals surface area contributed by atoms with Crippen molar-refractivity contribution in [1.82, 2.24) is 9.97 Å². The number of anilines is 1. The van der Waals surface area contributed by atoms with Gasteiger partial charge in [-0.1, -0.05) is 23.7 Å². The Kier molecular flexibility index (Phi) is 5.88. The fourth-order valence-corrected chi connectivity index (χ4v) is 2.62. The summed E-state index contributed by atoms with van der Waals surface area (Å²) in [5.74, 6) is -11.6. The van der Waals surface area contributed by atoms with Crippen LogP contribution in [0.25, 0.3) is 0 Å². The second-order valence-electron chi connectivity index (χ2n) is 6.06. The molecule has 4 nitrogen and oxygen atoms in total. The molecule has 10 heteroatoms. The van der Waals surface area contributed by atoms with Gasteiger partial charge in [-0.2, -0.15) is 8.78 Å². The first-order valence-corrected chi connectivity index (χ1v) is 8.61. The molecule has 29 heavy (non-hydrogen) atoms. The standard InChI is InChI=1S/C19H13ClF5N3O/c1-8(28-19-12(20)9(2)26-7-27-19)10-3-5-11(6-4-10)29-18-16(24)14(22)13(21)15(23)17(18)25/h3-8H,1-2H3,(H,26,27,28). The number of halogens is 6. The second kappa shape index (κ2) is 8.20. The highest BCUT2D eigenvalue weighted by Crippen LogP contribution is 2.33. The minimum absolute atomic E-state index is 0.111. The Morgan fingerprint density at radius 2 is 1.45 bits per heavy atom. The molecule has 1 N–H and O–H groups in total. The molecule has 0 aliphatic carbocycles. The molecule has 1 unspecified atom stereocenters. The third kappa shape index (κ3) is 4.09. The van der Waals surface area contributed by atoms with E-state index in [4.69, 9.17) is 16.3 Å². The van der Waals surface area contributed by atoms with Crippen molar-refractivity contribution >= 4 is 17.4 Å². The first-order chi connectivity index (χ1) is 13.7. The van der Waals surface area contributed by atoms with Crippen molar-refractivity contribution in [3.8, 4) is 11.5 Å². The summed E-state index contributed by atoms with van der Waals surface area (Å²) < 4.78 is 72.0. The van der Waals surface area contributed by atoms with Gasteiger partial charge in [0, 0.05) is 6.04 Å². The Morgan fingerprint density at radius 1 is 0.897 bits per heavy atom. The Hall–Kier alpha value is -2.94. The molecule has 1 aromatic heterocycles. The van der Waals surface area contributed by atoms with Gasteiger partial charge in [-0.15, -0.1) is 0 Å². The van der Waals surface area contributed by atoms with Crippen molar-refractivity contribution < 1.29 is 26.7 Å². The van der Waals surface area contributed by atoms with Gasteiger partial charge in [0.2, 0.25) is 34.8 Å². The molecule has 0 saturated carbocycles. The third-order valence-electron chi connectivity index (χ3n) is 4.09. The molecule has 0 spiro atoms. The van der Waals surface area contributed by atoms with E-state index in [0.717, 1.165) is 5.56 Å². The summed E-state index contributed by atoms with van der Waals surface area (Å²) in [5, 5.41) is 3.46. The highest BCUT2D eigenvalue weighted by molar-refractivity contribution is 6.33. The average Bonchev–Trinajstić information content (AvgIpc) is 2.72. The van der Waals surface area contributed by atoms with Crippen LogP contribution in [0.2, 0.25) is 5.02 Å². The monoisotopic (exact) mass is 429 g/mol. The molecule has 0 amide bonds. The lowest BCUT2D eigenvalue weighted by Gasteiger charge is -2.17. The molecule has 152 valence electrons. The maximum absolute atomic E-state index is 13.7. The minimum atomic E-state index is -2.25. The molecule has 0 aliphatic rings. The van der Waals surface area contributed by atoms with Crippen molar-refractivity contribution in [3.63, 3.8) is 0 Å². The van der Waals surface area contributed by atoms with Gasteiger partial charge in [-0.05, 0) is 31.5 Å². The lowest BCUT2D eigenvalue weighted by molar-refractivity contribution is 0.332. The van der Waals surface area contributed by atoms with Crippen molar-refractivity contribution in [3.05, 3.63) is 76.0 Å². The molecule has 3 rings (SSSR count). The number of benzene rings is 2. The van der Waals surface area contributed by atoms with Gasteiger partial charge < -0.3 is 10.1 Å². The van der Waals surface area contributed by atoms with Crippen LogP contribution in [-0.2, 0) is 0 Å². The molecule has 0 aliphatic heterocycles. The van der Waals surface area contributed by atoms with E-state index in [9.17, 15) is 22.0 Å². The van der Waals surface area contributed by atoms with E-state index in [1.54, 1.807) is 19.1 Å². The number of ether oxygens (including phenoxy) is 1. The van der Waals surface area contributed by atoms with Crippen LogP contribution < -0.4 is 10.1 Å². The summed E-state index contributed by atoms with van der Waals surface area (Å²) in [5.41, 5.74) is 1.32. The van der Waals surface area contributed by atoms with E-state index in [-0.39, 0.29) is 11.8 Å². The largest absolute Gasteiger partial charge is 0.451 e. The van der Waals surface area contributed by atoms with Crippen LogP contribution >= 0.6 is 11.6 Å². The zero-order valence-corrected chi connectivity index (χ0v) is 15.8. The van der Waals surface area contributed by atoms with Gasteiger partial charge in [0.25, 0.3) is 0 Å². The van der Waals surface area contributed by atoms with Gasteiger partial charge in [0.05, 0.1) is 5.69 Å². The Bertz CT molecular complexity index is 1030. The minimum Gasteiger partial charge on any atom is -0.451 e. The molecule has 2 aromatic carbocycles. The van der Waals surface area contributed by atoms with Crippen molar-refractivity contribution in [2.24, 2.45) is 0 Å². The van der Waals surface area contributed by atoms with Crippen molar-refractivity contribution in [2.45, 2.75) is 19.9 Å². The first-order valence-electron chi connectivity index (χ1n) is 8.23. The van der Waals surface area contributed by atoms with Gasteiger partial charge in [-0.25, -0.2) is 23.1 Å². The van der Waals surface area contributed by atoms with Crippen LogP contribution in [0.1, 0.15) is 24.2 Å². The number of aryl methyl sites for hydroxylation is 1. The normalized spacial score (nSPS) is 12.0. The van der Waals surface area contributed by atoms with Crippen molar-refractivity contribution in [1.29, 1.82) is 0 Å². The maximum atomic E-state index is 13.7. The van der Waals surface area contributed by atoms with Gasteiger partial charge >= 0.3 is 0 Å². The number of aromatic nitrogens is 2. The van der Waals surface area contributed by atoms with Crippen LogP contribution in [0.15, 0.2) is 30.6 Å². The van der Waals surface area contributed by atoms with Gasteiger partial charge in [0.1, 0.15) is 22.9 Å². The summed E-state index contributed by atoms with van der Waals surface area (Å²) in [6.45, 7) is 3.54. The zero-order chi connectivity index (χ0) is 21.3. The Morgan fingerprint density at radius 3 is 2.03 bits per heavy atom. The van der Waals surface area contributed by atoms with Crippen LogP contribution in [0.4, 0.5) is 27.8 Å². The SMILES string of the molecule is Cc1ncnc(NC(C)c2ccc(Oc3c(F)c(F)c(F)c(F)c3F)cc2)c1Cl. The second-order valence-corrected chi connectivity index (χ2v) is 6.44. The number of hydrogen-bond donors (Lipinski definition) is 1. The summed E-state index contributed by atoms with van der Waals surface area (Å²) in [7, 11) is 0. The lowest BCUT2D eigenvalue weighted by atomic mass is 10.1. The predicted octanol–water partition coefficient (Wildman–Crippen LogP) is 6.10. The van der Waals surface area contributed by atoms with E-state index in [0.29, 0.717) is 16.5 Å². The third-order valence-corrected chi connectivity index (χ3v) is 4.54. The molecular formula is C19H13ClF5N3O. The van der Waals surface area contributed by atoms with E-state index in [1.165, 1.54) is 18.5 Å². The zero-order valence-electron chi connectivity index (χ0n) is 15.0. The quantitative estimate of drug-likeness (QED) is 0.302. The van der Waals surface area contributed by atoms with E-state index in [2.05, 4.69) is 15.3 Å². The number of rotatable bonds is 5. The summed E-state index contributed by atoms with van der Waals surface area (Å²) in [6, 6.07) is 5.50. The average molecular weight is 430 g/mol. The molecule has 0 fully saturated rings. The van der Waals surface area contributed by atoms with Crippen LogP contribution in [0.5, 0.6) is 11.5 Å². The van der Waals surface area contributed by atoms with E-state index in [1.807, 2.05) is 6.92 Å². The number of hydrogen-bond acceptors (Lipinski definition) is 4. The Labute approximate surface area is 167 Å². The van der Waals surface area contributed by atoms with E-state index >= 15 is 0 Å². The topological polar surface area (TPSA) is 47.0 Å². The number of nitrogens with one attached hydrogen (secondary N) is 1. The molecule has 0 radical (unpaired) electrons. The molecule has 3 aromatic rings. The Balaban J connectivity index is 1.80. The lowest BCUT2D eigenvalue weighted by Crippen LogP contribution is -2.09. The number of nitrogens with zero attached hydrogens (tertiary/aromatic N) is 2. The first kappa shape index (κ1) is 20.8. The molecule has 0 saturated heterocycles. The fourth-order valence-electron chi connectivity index (χ4n) is 2.46. The van der Waals surface area contributed by atoms with Crippen LogP contribution in [0.3, 0.4) is 0 Å². The molecule has 1 heterocycles. The summed E-state index contributed by atoms with van der Waals surface area (Å²) in [6.07, 6.45) is 1.36. The van der Waals surface area contributed by atoms with Gasteiger partial charge in [-0.3, -0.25) is 0 Å². The molecule has 0 bridgehead atoms.